The minimum absolute atomic E-state index is 0.297. The molecule has 0 atom stereocenters. The molecule has 0 aliphatic rings. The van der Waals surface area contributed by atoms with Crippen molar-refractivity contribution in [3.05, 3.63) is 29.6 Å². The minimum atomic E-state index is -0.297. The molecule has 0 aromatic heterocycles. The van der Waals surface area contributed by atoms with Crippen LogP contribution in [0.3, 0.4) is 0 Å². The third-order valence-electron chi connectivity index (χ3n) is 1.63. The number of rotatable bonds is 3. The van der Waals surface area contributed by atoms with Crippen LogP contribution in [0.15, 0.2) is 23.1 Å². The zero-order chi connectivity index (χ0) is 10.6. The predicted molar refractivity (Wildman–Crippen MR) is 56.7 cm³/mol. The summed E-state index contributed by atoms with van der Waals surface area (Å²) in [4.78, 5) is 0.623. The lowest BCUT2D eigenvalue weighted by atomic mass is 10.2. The molecule has 74 valence electrons. The molecule has 0 aliphatic heterocycles. The highest BCUT2D eigenvalue weighted by Crippen LogP contribution is 2.24. The summed E-state index contributed by atoms with van der Waals surface area (Å²) in [6.45, 7) is 4.18. The van der Waals surface area contributed by atoms with Crippen LogP contribution in [0.5, 0.6) is 0 Å². The van der Waals surface area contributed by atoms with Gasteiger partial charge in [-0.1, -0.05) is 13.8 Å². The Hall–Kier alpha value is -1.01. The first-order valence-corrected chi connectivity index (χ1v) is 5.44. The van der Waals surface area contributed by atoms with E-state index in [1.807, 2.05) is 6.07 Å². The van der Waals surface area contributed by atoms with Crippen LogP contribution in [-0.4, -0.2) is 5.75 Å². The Kier molecular flexibility index (Phi) is 3.97. The summed E-state index contributed by atoms with van der Waals surface area (Å²) in [5.74, 6) is 1.13. The monoisotopic (exact) mass is 209 g/mol. The van der Waals surface area contributed by atoms with Gasteiger partial charge in [-0.2, -0.15) is 5.26 Å². The van der Waals surface area contributed by atoms with Crippen LogP contribution in [0.1, 0.15) is 19.4 Å². The van der Waals surface area contributed by atoms with Crippen LogP contribution in [0.25, 0.3) is 0 Å². The highest BCUT2D eigenvalue weighted by atomic mass is 32.2. The van der Waals surface area contributed by atoms with Crippen LogP contribution in [0.4, 0.5) is 4.39 Å². The van der Waals surface area contributed by atoms with Crippen molar-refractivity contribution in [1.29, 1.82) is 5.26 Å². The molecule has 1 nitrogen and oxygen atoms in total. The normalized spacial score (nSPS) is 10.2. The molecular weight excluding hydrogens is 197 g/mol. The number of benzene rings is 1. The quantitative estimate of drug-likeness (QED) is 0.712. The maximum absolute atomic E-state index is 13.3. The molecule has 0 saturated heterocycles. The first-order valence-electron chi connectivity index (χ1n) is 4.46. The van der Waals surface area contributed by atoms with E-state index in [4.69, 9.17) is 5.26 Å². The summed E-state index contributed by atoms with van der Waals surface area (Å²) in [5, 5.41) is 8.55. The molecule has 0 N–H and O–H groups in total. The molecule has 1 rings (SSSR count). The van der Waals surface area contributed by atoms with Crippen LogP contribution < -0.4 is 0 Å². The first-order chi connectivity index (χ1) is 6.63. The second kappa shape index (κ2) is 5.02. The van der Waals surface area contributed by atoms with Gasteiger partial charge < -0.3 is 0 Å². The summed E-state index contributed by atoms with van der Waals surface area (Å²) in [6.07, 6.45) is 0. The van der Waals surface area contributed by atoms with Crippen molar-refractivity contribution in [3.63, 3.8) is 0 Å². The second-order valence-corrected chi connectivity index (χ2v) is 4.52. The number of hydrogen-bond donors (Lipinski definition) is 0. The molecule has 0 amide bonds. The largest absolute Gasteiger partial charge is 0.206 e. The molecule has 0 fully saturated rings. The van der Waals surface area contributed by atoms with Crippen LogP contribution in [-0.2, 0) is 0 Å². The van der Waals surface area contributed by atoms with E-state index < -0.39 is 0 Å². The SMILES string of the molecule is CC(C)CSc1ccc(C#N)cc1F. The van der Waals surface area contributed by atoms with Crippen molar-refractivity contribution in [2.24, 2.45) is 5.92 Å². The fourth-order valence-corrected chi connectivity index (χ4v) is 1.82. The lowest BCUT2D eigenvalue weighted by Crippen LogP contribution is -1.92. The molecule has 3 heteroatoms. The third-order valence-corrected chi connectivity index (χ3v) is 3.11. The van der Waals surface area contributed by atoms with E-state index in [-0.39, 0.29) is 5.82 Å². The highest BCUT2D eigenvalue weighted by Gasteiger charge is 2.04. The molecule has 0 spiro atoms. The van der Waals surface area contributed by atoms with Gasteiger partial charge in [-0.3, -0.25) is 0 Å². The fraction of sp³-hybridized carbons (Fsp3) is 0.364. The van der Waals surface area contributed by atoms with Crippen molar-refractivity contribution in [3.8, 4) is 6.07 Å². The number of nitriles is 1. The van der Waals surface area contributed by atoms with E-state index in [2.05, 4.69) is 13.8 Å². The Bertz CT molecular complexity index is 355. The Morgan fingerprint density at radius 1 is 1.50 bits per heavy atom. The van der Waals surface area contributed by atoms with E-state index in [1.54, 1.807) is 12.1 Å². The van der Waals surface area contributed by atoms with E-state index in [1.165, 1.54) is 17.8 Å². The van der Waals surface area contributed by atoms with Gasteiger partial charge in [0.15, 0.2) is 0 Å². The van der Waals surface area contributed by atoms with Gasteiger partial charge in [0, 0.05) is 10.6 Å². The highest BCUT2D eigenvalue weighted by molar-refractivity contribution is 7.99. The molecule has 0 radical (unpaired) electrons. The Labute approximate surface area is 87.9 Å². The van der Waals surface area contributed by atoms with Crippen molar-refractivity contribution in [2.45, 2.75) is 18.7 Å². The molecular formula is C11H12FNS. The van der Waals surface area contributed by atoms with Crippen LogP contribution >= 0.6 is 11.8 Å². The van der Waals surface area contributed by atoms with Crippen molar-refractivity contribution in [2.75, 3.05) is 5.75 Å². The second-order valence-electron chi connectivity index (χ2n) is 3.46. The molecule has 0 aliphatic carbocycles. The average molecular weight is 209 g/mol. The van der Waals surface area contributed by atoms with Gasteiger partial charge in [0.2, 0.25) is 0 Å². The zero-order valence-electron chi connectivity index (χ0n) is 8.25. The standard InChI is InChI=1S/C11H12FNS/c1-8(2)7-14-11-4-3-9(6-13)5-10(11)12/h3-5,8H,7H2,1-2H3. The van der Waals surface area contributed by atoms with Gasteiger partial charge in [0.1, 0.15) is 5.82 Å². The maximum Gasteiger partial charge on any atom is 0.138 e. The van der Waals surface area contributed by atoms with Gasteiger partial charge >= 0.3 is 0 Å². The summed E-state index contributed by atoms with van der Waals surface area (Å²) >= 11 is 1.49. The smallest absolute Gasteiger partial charge is 0.138 e. The van der Waals surface area contributed by atoms with E-state index in [0.717, 1.165) is 5.75 Å². The lowest BCUT2D eigenvalue weighted by Gasteiger charge is -2.05. The van der Waals surface area contributed by atoms with Crippen molar-refractivity contribution < 1.29 is 4.39 Å². The summed E-state index contributed by atoms with van der Waals surface area (Å²) in [7, 11) is 0. The molecule has 1 aromatic rings. The minimum Gasteiger partial charge on any atom is -0.206 e. The predicted octanol–water partition coefficient (Wildman–Crippen LogP) is 3.45. The van der Waals surface area contributed by atoms with E-state index in [9.17, 15) is 4.39 Å². The lowest BCUT2D eigenvalue weighted by molar-refractivity contribution is 0.601. The average Bonchev–Trinajstić information content (AvgIpc) is 2.15. The Morgan fingerprint density at radius 2 is 2.21 bits per heavy atom. The first kappa shape index (κ1) is 11.1. The van der Waals surface area contributed by atoms with E-state index in [0.29, 0.717) is 16.4 Å². The molecule has 0 saturated carbocycles. The van der Waals surface area contributed by atoms with Gasteiger partial charge in [-0.05, 0) is 24.1 Å². The molecule has 14 heavy (non-hydrogen) atoms. The van der Waals surface area contributed by atoms with Crippen molar-refractivity contribution in [1.82, 2.24) is 0 Å². The van der Waals surface area contributed by atoms with Crippen LogP contribution in [0.2, 0.25) is 0 Å². The Balaban J connectivity index is 2.75. The van der Waals surface area contributed by atoms with Gasteiger partial charge in [-0.15, -0.1) is 11.8 Å². The summed E-state index contributed by atoms with van der Waals surface area (Å²) < 4.78 is 13.3. The molecule has 0 unspecified atom stereocenters. The topological polar surface area (TPSA) is 23.8 Å². The van der Waals surface area contributed by atoms with Gasteiger partial charge in [-0.25, -0.2) is 4.39 Å². The zero-order valence-corrected chi connectivity index (χ0v) is 9.07. The maximum atomic E-state index is 13.3. The van der Waals surface area contributed by atoms with Crippen molar-refractivity contribution >= 4 is 11.8 Å². The molecule has 0 heterocycles. The molecule has 1 aromatic carbocycles. The fourth-order valence-electron chi connectivity index (χ4n) is 0.944. The number of nitrogens with zero attached hydrogens (tertiary/aromatic N) is 1. The number of halogens is 1. The Morgan fingerprint density at radius 3 is 2.71 bits per heavy atom. The number of thioether (sulfide) groups is 1. The summed E-state index contributed by atoms with van der Waals surface area (Å²) in [6, 6.07) is 6.50. The van der Waals surface area contributed by atoms with E-state index >= 15 is 0 Å². The van der Waals surface area contributed by atoms with Crippen LogP contribution in [0, 0.1) is 23.1 Å². The number of hydrogen-bond acceptors (Lipinski definition) is 2. The summed E-state index contributed by atoms with van der Waals surface area (Å²) in [5.41, 5.74) is 0.372. The van der Waals surface area contributed by atoms with Gasteiger partial charge in [0.25, 0.3) is 0 Å². The third kappa shape index (κ3) is 3.04. The molecule has 0 bridgehead atoms. The van der Waals surface area contributed by atoms with Gasteiger partial charge in [0.05, 0.1) is 11.6 Å².